The van der Waals surface area contributed by atoms with Crippen molar-refractivity contribution in [3.8, 4) is 0 Å². The van der Waals surface area contributed by atoms with Crippen LogP contribution in [0.15, 0.2) is 16.7 Å². The number of anilines is 2. The van der Waals surface area contributed by atoms with Crippen molar-refractivity contribution in [2.24, 2.45) is 0 Å². The Labute approximate surface area is 136 Å². The van der Waals surface area contributed by atoms with Gasteiger partial charge in [0.25, 0.3) is 5.91 Å². The smallest absolute Gasteiger partial charge is 0.272 e. The summed E-state index contributed by atoms with van der Waals surface area (Å²) in [5.74, 6) is 1.48. The number of hydrogen-bond donors (Lipinski definition) is 1. The number of aromatic nitrogens is 3. The SMILES string of the molecule is CCCN(CCC)C(=O)c1cc(C)nc(Nc2cc(C)on2)n1. The van der Waals surface area contributed by atoms with E-state index in [-0.39, 0.29) is 5.91 Å². The molecular weight excluding hydrogens is 294 g/mol. The van der Waals surface area contributed by atoms with E-state index in [0.29, 0.717) is 23.2 Å². The highest BCUT2D eigenvalue weighted by Gasteiger charge is 2.17. The average molecular weight is 317 g/mol. The first-order valence-electron chi connectivity index (χ1n) is 7.88. The fraction of sp³-hybridized carbons (Fsp3) is 0.500. The zero-order valence-electron chi connectivity index (χ0n) is 14.1. The molecule has 23 heavy (non-hydrogen) atoms. The van der Waals surface area contributed by atoms with Gasteiger partial charge in [-0.2, -0.15) is 0 Å². The van der Waals surface area contributed by atoms with Crippen LogP contribution in [0.3, 0.4) is 0 Å². The standard InChI is InChI=1S/C16H23N5O2/c1-5-7-21(8-6-2)15(22)13-9-11(3)17-16(18-13)19-14-10-12(4)23-20-14/h9-10H,5-8H2,1-4H3,(H,17,18,19,20). The Balaban J connectivity index is 2.23. The van der Waals surface area contributed by atoms with Crippen LogP contribution in [0.25, 0.3) is 0 Å². The van der Waals surface area contributed by atoms with E-state index in [2.05, 4.69) is 34.3 Å². The maximum Gasteiger partial charge on any atom is 0.272 e. The summed E-state index contributed by atoms with van der Waals surface area (Å²) < 4.78 is 5.00. The molecule has 0 radical (unpaired) electrons. The molecule has 7 nitrogen and oxygen atoms in total. The van der Waals surface area contributed by atoms with Crippen LogP contribution in [0, 0.1) is 13.8 Å². The molecule has 2 heterocycles. The number of rotatable bonds is 7. The van der Waals surface area contributed by atoms with Crippen LogP contribution in [0.4, 0.5) is 11.8 Å². The van der Waals surface area contributed by atoms with Crippen LogP contribution >= 0.6 is 0 Å². The Morgan fingerprint density at radius 2 is 1.87 bits per heavy atom. The van der Waals surface area contributed by atoms with Gasteiger partial charge in [-0.15, -0.1) is 0 Å². The molecule has 0 saturated heterocycles. The second-order valence-electron chi connectivity index (χ2n) is 5.46. The zero-order chi connectivity index (χ0) is 16.8. The molecule has 0 atom stereocenters. The molecule has 2 aromatic rings. The number of carbonyl (C=O) groups excluding carboxylic acids is 1. The summed E-state index contributed by atoms with van der Waals surface area (Å²) in [6.07, 6.45) is 1.83. The molecule has 124 valence electrons. The highest BCUT2D eigenvalue weighted by molar-refractivity contribution is 5.92. The van der Waals surface area contributed by atoms with E-state index < -0.39 is 0 Å². The molecule has 0 aliphatic heterocycles. The summed E-state index contributed by atoms with van der Waals surface area (Å²) >= 11 is 0. The molecule has 2 rings (SSSR count). The normalized spacial score (nSPS) is 10.6. The second-order valence-corrected chi connectivity index (χ2v) is 5.46. The van der Waals surface area contributed by atoms with E-state index in [1.165, 1.54) is 0 Å². The number of aryl methyl sites for hydroxylation is 2. The lowest BCUT2D eigenvalue weighted by Crippen LogP contribution is -2.33. The number of amides is 1. The molecule has 7 heteroatoms. The maximum atomic E-state index is 12.7. The van der Waals surface area contributed by atoms with Crippen molar-refractivity contribution in [3.05, 3.63) is 29.3 Å². The third kappa shape index (κ3) is 4.51. The molecule has 1 N–H and O–H groups in total. The van der Waals surface area contributed by atoms with E-state index in [4.69, 9.17) is 4.52 Å². The third-order valence-electron chi connectivity index (χ3n) is 3.22. The Morgan fingerprint density at radius 3 is 2.43 bits per heavy atom. The second kappa shape index (κ2) is 7.71. The van der Waals surface area contributed by atoms with Crippen molar-refractivity contribution in [2.75, 3.05) is 18.4 Å². The molecule has 1 amide bonds. The lowest BCUT2D eigenvalue weighted by atomic mass is 10.2. The Hall–Kier alpha value is -2.44. The summed E-state index contributed by atoms with van der Waals surface area (Å²) in [4.78, 5) is 23.1. The van der Waals surface area contributed by atoms with Crippen molar-refractivity contribution in [3.63, 3.8) is 0 Å². The summed E-state index contributed by atoms with van der Waals surface area (Å²) in [6, 6.07) is 3.45. The molecular formula is C16H23N5O2. The first kappa shape index (κ1) is 16.9. The highest BCUT2D eigenvalue weighted by Crippen LogP contribution is 2.15. The molecule has 0 spiro atoms. The van der Waals surface area contributed by atoms with Gasteiger partial charge in [0.2, 0.25) is 5.95 Å². The van der Waals surface area contributed by atoms with E-state index >= 15 is 0 Å². The molecule has 2 aromatic heterocycles. The predicted molar refractivity (Wildman–Crippen MR) is 87.8 cm³/mol. The van der Waals surface area contributed by atoms with Gasteiger partial charge in [0.05, 0.1) is 0 Å². The van der Waals surface area contributed by atoms with Crippen molar-refractivity contribution in [2.45, 2.75) is 40.5 Å². The Kier molecular flexibility index (Phi) is 5.67. The maximum absolute atomic E-state index is 12.7. The van der Waals surface area contributed by atoms with Crippen LogP contribution in [-0.2, 0) is 0 Å². The van der Waals surface area contributed by atoms with Crippen LogP contribution in [0.1, 0.15) is 48.6 Å². The summed E-state index contributed by atoms with van der Waals surface area (Å²) in [5, 5.41) is 6.81. The van der Waals surface area contributed by atoms with Gasteiger partial charge in [0, 0.05) is 24.8 Å². The van der Waals surface area contributed by atoms with Gasteiger partial charge < -0.3 is 14.7 Å². The third-order valence-corrected chi connectivity index (χ3v) is 3.22. The fourth-order valence-corrected chi connectivity index (χ4v) is 2.29. The molecule has 0 aromatic carbocycles. The van der Waals surface area contributed by atoms with Gasteiger partial charge >= 0.3 is 0 Å². The number of nitrogens with zero attached hydrogens (tertiary/aromatic N) is 4. The number of nitrogens with one attached hydrogen (secondary N) is 1. The highest BCUT2D eigenvalue weighted by atomic mass is 16.5. The van der Waals surface area contributed by atoms with E-state index in [9.17, 15) is 4.79 Å². The summed E-state index contributed by atoms with van der Waals surface area (Å²) in [5.41, 5.74) is 1.11. The lowest BCUT2D eigenvalue weighted by Gasteiger charge is -2.21. The minimum Gasteiger partial charge on any atom is -0.360 e. The monoisotopic (exact) mass is 317 g/mol. The first-order valence-corrected chi connectivity index (χ1v) is 7.88. The van der Waals surface area contributed by atoms with Crippen LogP contribution < -0.4 is 5.32 Å². The van der Waals surface area contributed by atoms with E-state index in [1.54, 1.807) is 19.1 Å². The van der Waals surface area contributed by atoms with Gasteiger partial charge in [0.15, 0.2) is 5.82 Å². The average Bonchev–Trinajstić information content (AvgIpc) is 2.90. The molecule has 0 aliphatic rings. The fourth-order valence-electron chi connectivity index (χ4n) is 2.29. The first-order chi connectivity index (χ1) is 11.0. The topological polar surface area (TPSA) is 84.2 Å². The Bertz CT molecular complexity index is 662. The van der Waals surface area contributed by atoms with Crippen LogP contribution in [0.2, 0.25) is 0 Å². The lowest BCUT2D eigenvalue weighted by molar-refractivity contribution is 0.0749. The van der Waals surface area contributed by atoms with Crippen molar-refractivity contribution < 1.29 is 9.32 Å². The van der Waals surface area contributed by atoms with Gasteiger partial charge in [-0.1, -0.05) is 19.0 Å². The van der Waals surface area contributed by atoms with Crippen LogP contribution in [-0.4, -0.2) is 39.0 Å². The Morgan fingerprint density at radius 1 is 1.17 bits per heavy atom. The van der Waals surface area contributed by atoms with Crippen molar-refractivity contribution in [1.29, 1.82) is 0 Å². The minimum atomic E-state index is -0.0708. The minimum absolute atomic E-state index is 0.0708. The molecule has 0 bridgehead atoms. The van der Waals surface area contributed by atoms with Gasteiger partial charge in [-0.05, 0) is 32.8 Å². The van der Waals surface area contributed by atoms with Gasteiger partial charge in [0.1, 0.15) is 11.5 Å². The summed E-state index contributed by atoms with van der Waals surface area (Å²) in [6.45, 7) is 9.20. The summed E-state index contributed by atoms with van der Waals surface area (Å²) in [7, 11) is 0. The van der Waals surface area contributed by atoms with Crippen molar-refractivity contribution in [1.82, 2.24) is 20.0 Å². The van der Waals surface area contributed by atoms with Crippen LogP contribution in [0.5, 0.6) is 0 Å². The van der Waals surface area contributed by atoms with E-state index in [1.807, 2.05) is 11.8 Å². The molecule has 0 saturated carbocycles. The number of carbonyl (C=O) groups is 1. The molecule has 0 fully saturated rings. The van der Waals surface area contributed by atoms with E-state index in [0.717, 1.165) is 31.6 Å². The molecule has 0 unspecified atom stereocenters. The number of hydrogen-bond acceptors (Lipinski definition) is 6. The van der Waals surface area contributed by atoms with Crippen molar-refractivity contribution >= 4 is 17.7 Å². The molecule has 0 aliphatic carbocycles. The zero-order valence-corrected chi connectivity index (χ0v) is 14.1. The predicted octanol–water partition coefficient (Wildman–Crippen LogP) is 3.09. The van der Waals surface area contributed by atoms with Gasteiger partial charge in [-0.25, -0.2) is 9.97 Å². The van der Waals surface area contributed by atoms with Gasteiger partial charge in [-0.3, -0.25) is 4.79 Å². The quantitative estimate of drug-likeness (QED) is 0.844. The largest absolute Gasteiger partial charge is 0.360 e.